The lowest BCUT2D eigenvalue weighted by atomic mass is 10.2. The van der Waals surface area contributed by atoms with Crippen molar-refractivity contribution in [2.45, 2.75) is 13.5 Å². The van der Waals surface area contributed by atoms with Crippen molar-refractivity contribution in [2.24, 2.45) is 7.05 Å². The van der Waals surface area contributed by atoms with Gasteiger partial charge in [-0.25, -0.2) is 0 Å². The molecule has 6 heteroatoms. The molecule has 1 aromatic carbocycles. The van der Waals surface area contributed by atoms with E-state index in [0.29, 0.717) is 16.7 Å². The third-order valence-electron chi connectivity index (χ3n) is 2.65. The lowest BCUT2D eigenvalue weighted by molar-refractivity contribution is 0.757. The zero-order valence-electron chi connectivity index (χ0n) is 9.97. The number of nitrogens with zero attached hydrogens (tertiary/aromatic N) is 2. The summed E-state index contributed by atoms with van der Waals surface area (Å²) in [4.78, 5) is 0. The fourth-order valence-corrected chi connectivity index (χ4v) is 2.48. The Morgan fingerprint density at radius 2 is 2.11 bits per heavy atom. The maximum atomic E-state index is 6.17. The fourth-order valence-electron chi connectivity index (χ4n) is 1.69. The number of rotatable bonds is 3. The molecule has 2 aromatic rings. The van der Waals surface area contributed by atoms with Gasteiger partial charge in [0.05, 0.1) is 16.4 Å². The van der Waals surface area contributed by atoms with Crippen LogP contribution in [0, 0.1) is 6.92 Å². The Morgan fingerprint density at radius 3 is 2.72 bits per heavy atom. The van der Waals surface area contributed by atoms with Gasteiger partial charge in [-0.05, 0) is 25.1 Å². The first-order chi connectivity index (χ1) is 8.49. The highest BCUT2D eigenvalue weighted by Crippen LogP contribution is 2.27. The quantitative estimate of drug-likeness (QED) is 0.890. The summed E-state index contributed by atoms with van der Waals surface area (Å²) in [5.41, 5.74) is 2.77. The van der Waals surface area contributed by atoms with Gasteiger partial charge in [-0.2, -0.15) is 5.10 Å². The summed E-state index contributed by atoms with van der Waals surface area (Å²) in [6.45, 7) is 2.53. The first-order valence-corrected chi connectivity index (χ1v) is 6.91. The molecule has 0 aliphatic heterocycles. The normalized spacial score (nSPS) is 10.7. The van der Waals surface area contributed by atoms with E-state index >= 15 is 0 Å². The minimum Gasteiger partial charge on any atom is -0.380 e. The minimum absolute atomic E-state index is 0.592. The van der Waals surface area contributed by atoms with Gasteiger partial charge in [0.2, 0.25) is 0 Å². The maximum Gasteiger partial charge on any atom is 0.131 e. The van der Waals surface area contributed by atoms with E-state index in [-0.39, 0.29) is 0 Å². The number of nitrogens with one attached hydrogen (secondary N) is 1. The van der Waals surface area contributed by atoms with Crippen molar-refractivity contribution in [3.63, 3.8) is 0 Å². The molecule has 0 aliphatic carbocycles. The van der Waals surface area contributed by atoms with E-state index in [1.54, 1.807) is 4.68 Å². The van der Waals surface area contributed by atoms with E-state index in [2.05, 4.69) is 26.3 Å². The Kier molecular flexibility index (Phi) is 4.20. The first-order valence-electron chi connectivity index (χ1n) is 5.36. The van der Waals surface area contributed by atoms with E-state index in [1.807, 2.05) is 32.2 Å². The zero-order valence-corrected chi connectivity index (χ0v) is 13.1. The van der Waals surface area contributed by atoms with Crippen LogP contribution < -0.4 is 5.32 Å². The summed E-state index contributed by atoms with van der Waals surface area (Å²) < 4.78 is 2.64. The second kappa shape index (κ2) is 5.51. The molecule has 0 fully saturated rings. The van der Waals surface area contributed by atoms with Crippen molar-refractivity contribution < 1.29 is 0 Å². The van der Waals surface area contributed by atoms with Crippen molar-refractivity contribution in [3.8, 4) is 0 Å². The molecule has 0 radical (unpaired) electrons. The zero-order chi connectivity index (χ0) is 13.3. The molecule has 3 nitrogen and oxygen atoms in total. The van der Waals surface area contributed by atoms with Gasteiger partial charge in [0.1, 0.15) is 5.15 Å². The van der Waals surface area contributed by atoms with Gasteiger partial charge in [0.25, 0.3) is 0 Å². The average Bonchev–Trinajstić information content (AvgIpc) is 2.55. The van der Waals surface area contributed by atoms with Gasteiger partial charge in [-0.3, -0.25) is 4.68 Å². The second-order valence-corrected chi connectivity index (χ2v) is 5.64. The molecule has 2 rings (SSSR count). The predicted molar refractivity (Wildman–Crippen MR) is 79.4 cm³/mol. The number of hydrogen-bond donors (Lipinski definition) is 1. The van der Waals surface area contributed by atoms with Gasteiger partial charge in [0, 0.05) is 23.6 Å². The molecule has 1 aromatic heterocycles. The molecule has 1 heterocycles. The summed E-state index contributed by atoms with van der Waals surface area (Å²) in [5.74, 6) is 0. The number of halogens is 3. The van der Waals surface area contributed by atoms with Crippen LogP contribution in [0.25, 0.3) is 0 Å². The number of benzene rings is 1. The van der Waals surface area contributed by atoms with Crippen molar-refractivity contribution in [2.75, 3.05) is 5.32 Å². The van der Waals surface area contributed by atoms with Crippen LogP contribution >= 0.6 is 39.1 Å². The van der Waals surface area contributed by atoms with Gasteiger partial charge in [-0.1, -0.05) is 39.1 Å². The van der Waals surface area contributed by atoms with Crippen molar-refractivity contribution in [1.29, 1.82) is 0 Å². The highest BCUT2D eigenvalue weighted by atomic mass is 79.9. The van der Waals surface area contributed by atoms with Crippen LogP contribution in [0.2, 0.25) is 10.2 Å². The van der Waals surface area contributed by atoms with E-state index in [9.17, 15) is 0 Å². The Labute approximate surface area is 124 Å². The average molecular weight is 349 g/mol. The van der Waals surface area contributed by atoms with Gasteiger partial charge in [0.15, 0.2) is 0 Å². The summed E-state index contributed by atoms with van der Waals surface area (Å²) in [7, 11) is 1.82. The molecule has 0 unspecified atom stereocenters. The van der Waals surface area contributed by atoms with Crippen LogP contribution in [0.5, 0.6) is 0 Å². The molecule has 96 valence electrons. The standard InChI is InChI=1S/C12H12BrCl2N3/c1-7-9(12(15)18(2)17-7)6-16-11-5-8(13)3-4-10(11)14/h3-5,16H,6H2,1-2H3. The highest BCUT2D eigenvalue weighted by Gasteiger charge is 2.11. The Bertz CT molecular complexity index is 581. The smallest absolute Gasteiger partial charge is 0.131 e. The molecular weight excluding hydrogens is 337 g/mol. The topological polar surface area (TPSA) is 29.9 Å². The molecule has 0 aliphatic rings. The SMILES string of the molecule is Cc1nn(C)c(Cl)c1CNc1cc(Br)ccc1Cl. The third kappa shape index (κ3) is 2.82. The maximum absolute atomic E-state index is 6.17. The van der Waals surface area contributed by atoms with Crippen molar-refractivity contribution in [1.82, 2.24) is 9.78 Å². The van der Waals surface area contributed by atoms with Crippen LogP contribution in [0.3, 0.4) is 0 Å². The molecule has 0 amide bonds. The molecule has 0 saturated carbocycles. The summed E-state index contributed by atoms with van der Waals surface area (Å²) in [6, 6.07) is 5.67. The Morgan fingerprint density at radius 1 is 1.39 bits per heavy atom. The molecule has 0 spiro atoms. The van der Waals surface area contributed by atoms with Crippen molar-refractivity contribution in [3.05, 3.63) is 44.1 Å². The van der Waals surface area contributed by atoms with Gasteiger partial charge in [-0.15, -0.1) is 0 Å². The van der Waals surface area contributed by atoms with Crippen molar-refractivity contribution >= 4 is 44.8 Å². The molecule has 1 N–H and O–H groups in total. The third-order valence-corrected chi connectivity index (χ3v) is 3.95. The van der Waals surface area contributed by atoms with Crippen LogP contribution in [0.1, 0.15) is 11.3 Å². The van der Waals surface area contributed by atoms with E-state index in [4.69, 9.17) is 23.2 Å². The molecule has 0 atom stereocenters. The summed E-state index contributed by atoms with van der Waals surface area (Å²) in [5, 5.41) is 8.85. The van der Waals surface area contributed by atoms with E-state index in [0.717, 1.165) is 21.4 Å². The first kappa shape index (κ1) is 13.7. The molecular formula is C12H12BrCl2N3. The molecule has 0 saturated heterocycles. The Hall–Kier alpha value is -0.710. The van der Waals surface area contributed by atoms with Gasteiger partial charge < -0.3 is 5.32 Å². The van der Waals surface area contributed by atoms with E-state index in [1.165, 1.54) is 0 Å². The minimum atomic E-state index is 0.592. The molecule has 18 heavy (non-hydrogen) atoms. The lowest BCUT2D eigenvalue weighted by Crippen LogP contribution is -2.01. The fraction of sp³-hybridized carbons (Fsp3) is 0.250. The predicted octanol–water partition coefficient (Wildman–Crippen LogP) is 4.41. The molecule has 0 bridgehead atoms. The lowest BCUT2D eigenvalue weighted by Gasteiger charge is -2.08. The van der Waals surface area contributed by atoms with E-state index < -0.39 is 0 Å². The second-order valence-electron chi connectivity index (χ2n) is 3.96. The summed E-state index contributed by atoms with van der Waals surface area (Å²) in [6.07, 6.45) is 0. The number of aromatic nitrogens is 2. The number of hydrogen-bond acceptors (Lipinski definition) is 2. The van der Waals surface area contributed by atoms with Crippen LogP contribution in [-0.2, 0) is 13.6 Å². The van der Waals surface area contributed by atoms with Crippen LogP contribution in [0.15, 0.2) is 22.7 Å². The Balaban J connectivity index is 2.19. The monoisotopic (exact) mass is 347 g/mol. The van der Waals surface area contributed by atoms with Gasteiger partial charge >= 0.3 is 0 Å². The number of aryl methyl sites for hydroxylation is 2. The summed E-state index contributed by atoms with van der Waals surface area (Å²) >= 11 is 15.7. The largest absolute Gasteiger partial charge is 0.380 e. The van der Waals surface area contributed by atoms with Crippen LogP contribution in [-0.4, -0.2) is 9.78 Å². The highest BCUT2D eigenvalue weighted by molar-refractivity contribution is 9.10. The number of anilines is 1. The van der Waals surface area contributed by atoms with Crippen LogP contribution in [0.4, 0.5) is 5.69 Å².